The Hall–Kier alpha value is -1.78. The molecule has 23 heavy (non-hydrogen) atoms. The van der Waals surface area contributed by atoms with Crippen LogP contribution in [0.3, 0.4) is 0 Å². The number of carbonyl (C=O) groups excluding carboxylic acids is 1. The predicted molar refractivity (Wildman–Crippen MR) is 89.6 cm³/mol. The van der Waals surface area contributed by atoms with E-state index in [0.29, 0.717) is 18.4 Å². The summed E-state index contributed by atoms with van der Waals surface area (Å²) < 4.78 is 11.1. The highest BCUT2D eigenvalue weighted by Gasteiger charge is 2.26. The van der Waals surface area contributed by atoms with Crippen molar-refractivity contribution in [3.63, 3.8) is 0 Å². The van der Waals surface area contributed by atoms with Gasteiger partial charge in [-0.05, 0) is 64.5 Å². The summed E-state index contributed by atoms with van der Waals surface area (Å²) in [4.78, 5) is 18.0. The third-order valence-electron chi connectivity index (χ3n) is 3.93. The maximum atomic E-state index is 12.0. The average Bonchev–Trinajstić information content (AvgIpc) is 2.46. The SMILES string of the molecule is Cc1ccnc(OCCC2CCN(C(=O)OC(C)(C)C)CC2)c1. The molecule has 1 aromatic heterocycles. The van der Waals surface area contributed by atoms with Crippen molar-refractivity contribution in [2.75, 3.05) is 19.7 Å². The molecule has 0 saturated carbocycles. The van der Waals surface area contributed by atoms with Crippen LogP contribution in [0.15, 0.2) is 18.3 Å². The van der Waals surface area contributed by atoms with Crippen molar-refractivity contribution < 1.29 is 14.3 Å². The molecule has 1 saturated heterocycles. The van der Waals surface area contributed by atoms with Crippen LogP contribution in [0.2, 0.25) is 0 Å². The Labute approximate surface area is 139 Å². The van der Waals surface area contributed by atoms with Crippen molar-refractivity contribution in [1.29, 1.82) is 0 Å². The van der Waals surface area contributed by atoms with Crippen LogP contribution in [0.5, 0.6) is 5.88 Å². The predicted octanol–water partition coefficient (Wildman–Crippen LogP) is 3.81. The molecule has 5 nitrogen and oxygen atoms in total. The van der Waals surface area contributed by atoms with Crippen LogP contribution in [0.4, 0.5) is 4.79 Å². The van der Waals surface area contributed by atoms with Crippen molar-refractivity contribution >= 4 is 6.09 Å². The van der Waals surface area contributed by atoms with Crippen molar-refractivity contribution in [1.82, 2.24) is 9.88 Å². The zero-order valence-corrected chi connectivity index (χ0v) is 14.7. The van der Waals surface area contributed by atoms with Gasteiger partial charge >= 0.3 is 6.09 Å². The highest BCUT2D eigenvalue weighted by atomic mass is 16.6. The fourth-order valence-corrected chi connectivity index (χ4v) is 2.65. The quantitative estimate of drug-likeness (QED) is 0.846. The monoisotopic (exact) mass is 320 g/mol. The minimum atomic E-state index is -0.428. The van der Waals surface area contributed by atoms with Crippen LogP contribution in [0, 0.1) is 12.8 Å². The number of hydrogen-bond donors (Lipinski definition) is 0. The number of aromatic nitrogens is 1. The largest absolute Gasteiger partial charge is 0.478 e. The molecule has 128 valence electrons. The summed E-state index contributed by atoms with van der Waals surface area (Å²) in [6.07, 6.45) is 4.58. The summed E-state index contributed by atoms with van der Waals surface area (Å²) in [5.41, 5.74) is 0.725. The summed E-state index contributed by atoms with van der Waals surface area (Å²) in [5, 5.41) is 0. The summed E-state index contributed by atoms with van der Waals surface area (Å²) >= 11 is 0. The van der Waals surface area contributed by atoms with E-state index in [1.54, 1.807) is 6.20 Å². The lowest BCUT2D eigenvalue weighted by Crippen LogP contribution is -2.41. The molecule has 5 heteroatoms. The summed E-state index contributed by atoms with van der Waals surface area (Å²) in [6.45, 7) is 9.93. The second kappa shape index (κ2) is 7.66. The maximum Gasteiger partial charge on any atom is 0.410 e. The number of ether oxygens (including phenoxy) is 2. The van der Waals surface area contributed by atoms with Gasteiger partial charge in [0, 0.05) is 25.4 Å². The van der Waals surface area contributed by atoms with E-state index in [2.05, 4.69) is 4.98 Å². The number of amides is 1. The van der Waals surface area contributed by atoms with Crippen LogP contribution in [-0.4, -0.2) is 41.3 Å². The second-order valence-corrected chi connectivity index (χ2v) is 7.22. The molecule has 2 rings (SSSR count). The zero-order chi connectivity index (χ0) is 16.9. The van der Waals surface area contributed by atoms with Gasteiger partial charge < -0.3 is 14.4 Å². The minimum Gasteiger partial charge on any atom is -0.478 e. The van der Waals surface area contributed by atoms with Gasteiger partial charge in [0.05, 0.1) is 6.61 Å². The molecular weight excluding hydrogens is 292 g/mol. The minimum absolute atomic E-state index is 0.198. The number of rotatable bonds is 4. The van der Waals surface area contributed by atoms with Crippen molar-refractivity contribution in [3.8, 4) is 5.88 Å². The third-order valence-corrected chi connectivity index (χ3v) is 3.93. The number of aryl methyl sites for hydroxylation is 1. The van der Waals surface area contributed by atoms with Gasteiger partial charge in [0.15, 0.2) is 0 Å². The fourth-order valence-electron chi connectivity index (χ4n) is 2.65. The number of likely N-dealkylation sites (tertiary alicyclic amines) is 1. The zero-order valence-electron chi connectivity index (χ0n) is 14.7. The lowest BCUT2D eigenvalue weighted by molar-refractivity contribution is 0.0177. The molecule has 2 heterocycles. The highest BCUT2D eigenvalue weighted by Crippen LogP contribution is 2.22. The molecule has 0 aliphatic carbocycles. The molecular formula is C18H28N2O3. The number of hydrogen-bond acceptors (Lipinski definition) is 4. The van der Waals surface area contributed by atoms with E-state index >= 15 is 0 Å². The van der Waals surface area contributed by atoms with Crippen LogP contribution >= 0.6 is 0 Å². The first-order valence-electron chi connectivity index (χ1n) is 8.37. The summed E-state index contributed by atoms with van der Waals surface area (Å²) in [7, 11) is 0. The molecule has 0 atom stereocenters. The van der Waals surface area contributed by atoms with Gasteiger partial charge in [-0.2, -0.15) is 0 Å². The Kier molecular flexibility index (Phi) is 5.85. The van der Waals surface area contributed by atoms with Gasteiger partial charge in [-0.25, -0.2) is 9.78 Å². The molecule has 1 aliphatic rings. The smallest absolute Gasteiger partial charge is 0.410 e. The first kappa shape index (κ1) is 17.6. The average molecular weight is 320 g/mol. The van der Waals surface area contributed by atoms with E-state index in [9.17, 15) is 4.79 Å². The van der Waals surface area contributed by atoms with Crippen LogP contribution < -0.4 is 4.74 Å². The molecule has 0 unspecified atom stereocenters. The first-order valence-corrected chi connectivity index (χ1v) is 8.37. The van der Waals surface area contributed by atoms with Gasteiger partial charge in [0.2, 0.25) is 5.88 Å². The Morgan fingerprint density at radius 3 is 2.65 bits per heavy atom. The molecule has 1 amide bonds. The standard InChI is InChI=1S/C18H28N2O3/c1-14-5-9-19-16(13-14)22-12-8-15-6-10-20(11-7-15)17(21)23-18(2,3)4/h5,9,13,15H,6-8,10-12H2,1-4H3. The molecule has 0 radical (unpaired) electrons. The third kappa shape index (κ3) is 6.08. The molecule has 0 aromatic carbocycles. The Balaban J connectivity index is 1.68. The van der Waals surface area contributed by atoms with E-state index in [1.165, 1.54) is 0 Å². The molecule has 1 aliphatic heterocycles. The molecule has 1 aromatic rings. The van der Waals surface area contributed by atoms with Crippen molar-refractivity contribution in [3.05, 3.63) is 23.9 Å². The molecule has 0 spiro atoms. The maximum absolute atomic E-state index is 12.0. The van der Waals surface area contributed by atoms with E-state index in [4.69, 9.17) is 9.47 Å². The Morgan fingerprint density at radius 2 is 2.04 bits per heavy atom. The Bertz CT molecular complexity index is 517. The van der Waals surface area contributed by atoms with E-state index in [0.717, 1.165) is 37.9 Å². The summed E-state index contributed by atoms with van der Waals surface area (Å²) in [5.74, 6) is 1.29. The fraction of sp³-hybridized carbons (Fsp3) is 0.667. The lowest BCUT2D eigenvalue weighted by atomic mass is 9.94. The van der Waals surface area contributed by atoms with E-state index < -0.39 is 5.60 Å². The van der Waals surface area contributed by atoms with Crippen LogP contribution in [0.25, 0.3) is 0 Å². The normalized spacial score (nSPS) is 16.3. The molecule has 0 N–H and O–H groups in total. The van der Waals surface area contributed by atoms with Gasteiger partial charge in [-0.3, -0.25) is 0 Å². The lowest BCUT2D eigenvalue weighted by Gasteiger charge is -2.33. The van der Waals surface area contributed by atoms with Crippen LogP contribution in [0.1, 0.15) is 45.6 Å². The molecule has 1 fully saturated rings. The number of pyridine rings is 1. The Morgan fingerprint density at radius 1 is 1.35 bits per heavy atom. The topological polar surface area (TPSA) is 51.7 Å². The number of nitrogens with zero attached hydrogens (tertiary/aromatic N) is 2. The van der Waals surface area contributed by atoms with Crippen molar-refractivity contribution in [2.45, 2.75) is 52.6 Å². The van der Waals surface area contributed by atoms with Crippen molar-refractivity contribution in [2.24, 2.45) is 5.92 Å². The number of piperidine rings is 1. The van der Waals surface area contributed by atoms with Gasteiger partial charge in [-0.15, -0.1) is 0 Å². The first-order chi connectivity index (χ1) is 10.8. The molecule has 0 bridgehead atoms. The van der Waals surface area contributed by atoms with Gasteiger partial charge in [0.25, 0.3) is 0 Å². The number of carbonyl (C=O) groups is 1. The van der Waals surface area contributed by atoms with Gasteiger partial charge in [0.1, 0.15) is 5.60 Å². The van der Waals surface area contributed by atoms with Crippen LogP contribution in [-0.2, 0) is 4.74 Å². The second-order valence-electron chi connectivity index (χ2n) is 7.22. The highest BCUT2D eigenvalue weighted by molar-refractivity contribution is 5.68. The van der Waals surface area contributed by atoms with E-state index in [-0.39, 0.29) is 6.09 Å². The van der Waals surface area contributed by atoms with E-state index in [1.807, 2.05) is 44.7 Å². The van der Waals surface area contributed by atoms with Gasteiger partial charge in [-0.1, -0.05) is 0 Å². The summed E-state index contributed by atoms with van der Waals surface area (Å²) in [6, 6.07) is 3.91.